The molecule has 0 saturated heterocycles. The molecule has 0 bridgehead atoms. The highest BCUT2D eigenvalue weighted by Crippen LogP contribution is 1.72. The molecule has 2 aromatic heterocycles. The molecular formula is C15H24N2+2. The molecule has 17 heavy (non-hydrogen) atoms. The third-order valence-corrected chi connectivity index (χ3v) is 1.73. The Kier molecular flexibility index (Phi) is 9.73. The van der Waals surface area contributed by atoms with E-state index in [2.05, 4.69) is 13.8 Å². The average Bonchev–Trinajstić information content (AvgIpc) is 2.33. The summed E-state index contributed by atoms with van der Waals surface area (Å²) >= 11 is 0. The largest absolute Gasteiger partial charge is 0.208 e. The second kappa shape index (κ2) is 10.8. The van der Waals surface area contributed by atoms with Crippen molar-refractivity contribution < 1.29 is 9.13 Å². The van der Waals surface area contributed by atoms with E-state index in [1.165, 1.54) is 6.42 Å². The Morgan fingerprint density at radius 2 is 0.824 bits per heavy atom. The van der Waals surface area contributed by atoms with Gasteiger partial charge < -0.3 is 0 Å². The maximum atomic E-state index is 2.12. The van der Waals surface area contributed by atoms with Crippen molar-refractivity contribution in [2.45, 2.75) is 20.3 Å². The highest BCUT2D eigenvalue weighted by molar-refractivity contribution is 4.83. The van der Waals surface area contributed by atoms with E-state index in [9.17, 15) is 0 Å². The molecule has 0 atom stereocenters. The molecular weight excluding hydrogens is 208 g/mol. The van der Waals surface area contributed by atoms with E-state index < -0.39 is 0 Å². The van der Waals surface area contributed by atoms with Crippen LogP contribution in [0.25, 0.3) is 0 Å². The van der Waals surface area contributed by atoms with Gasteiger partial charge in [-0.1, -0.05) is 32.4 Å². The van der Waals surface area contributed by atoms with Crippen molar-refractivity contribution in [2.75, 3.05) is 0 Å². The number of aryl methyl sites for hydroxylation is 2. The maximum absolute atomic E-state index is 2.12. The first-order valence-electron chi connectivity index (χ1n) is 6.01. The average molecular weight is 232 g/mol. The predicted octanol–water partition coefficient (Wildman–Crippen LogP) is 2.44. The van der Waals surface area contributed by atoms with Gasteiger partial charge in [0.25, 0.3) is 0 Å². The predicted molar refractivity (Wildman–Crippen MR) is 71.2 cm³/mol. The second-order valence-corrected chi connectivity index (χ2v) is 3.79. The first-order valence-corrected chi connectivity index (χ1v) is 6.01. The van der Waals surface area contributed by atoms with E-state index in [0.29, 0.717) is 0 Å². The Balaban J connectivity index is 0.000000247. The van der Waals surface area contributed by atoms with Crippen molar-refractivity contribution in [1.82, 2.24) is 0 Å². The highest BCUT2D eigenvalue weighted by atomic mass is 14.9. The zero-order valence-electron chi connectivity index (χ0n) is 11.4. The monoisotopic (exact) mass is 232 g/mol. The van der Waals surface area contributed by atoms with Crippen LogP contribution < -0.4 is 9.13 Å². The molecule has 0 aromatic carbocycles. The minimum Gasteiger partial charge on any atom is -0.208 e. The fraction of sp³-hybridized carbons (Fsp3) is 0.333. The number of hydrogen-bond donors (Lipinski definition) is 0. The fourth-order valence-electron chi connectivity index (χ4n) is 0.969. The SMILES string of the molecule is CCC.C[n+]1ccccc1.C[n+]1ccccc1. The number of rotatable bonds is 0. The van der Waals surface area contributed by atoms with Gasteiger partial charge in [0.15, 0.2) is 24.8 Å². The molecule has 2 heterocycles. The van der Waals surface area contributed by atoms with Gasteiger partial charge in [0.05, 0.1) is 0 Å². The molecule has 2 heteroatoms. The van der Waals surface area contributed by atoms with Crippen LogP contribution in [-0.2, 0) is 14.1 Å². The summed E-state index contributed by atoms with van der Waals surface area (Å²) in [6, 6.07) is 12.0. The molecule has 0 radical (unpaired) electrons. The number of nitrogens with zero attached hydrogens (tertiary/aromatic N) is 2. The molecule has 0 N–H and O–H groups in total. The Morgan fingerprint density at radius 3 is 0.941 bits per heavy atom. The molecule has 2 aromatic rings. The maximum Gasteiger partial charge on any atom is 0.168 e. The van der Waals surface area contributed by atoms with Crippen LogP contribution >= 0.6 is 0 Å². The first-order chi connectivity index (χ1) is 8.20. The molecule has 2 rings (SSSR count). The van der Waals surface area contributed by atoms with E-state index in [1.54, 1.807) is 0 Å². The van der Waals surface area contributed by atoms with Crippen molar-refractivity contribution >= 4 is 0 Å². The minimum absolute atomic E-state index is 1.25. The molecule has 0 amide bonds. The van der Waals surface area contributed by atoms with Crippen LogP contribution in [0.4, 0.5) is 0 Å². The Labute approximate surface area is 105 Å². The Morgan fingerprint density at radius 1 is 0.588 bits per heavy atom. The van der Waals surface area contributed by atoms with Crippen LogP contribution in [0.3, 0.4) is 0 Å². The Bertz CT molecular complexity index is 320. The number of aromatic nitrogens is 2. The lowest BCUT2D eigenvalue weighted by Gasteiger charge is -1.77. The quantitative estimate of drug-likeness (QED) is 0.616. The van der Waals surface area contributed by atoms with Gasteiger partial charge >= 0.3 is 0 Å². The summed E-state index contributed by atoms with van der Waals surface area (Å²) in [4.78, 5) is 0. The topological polar surface area (TPSA) is 7.76 Å². The summed E-state index contributed by atoms with van der Waals surface area (Å²) in [5.74, 6) is 0. The van der Waals surface area contributed by atoms with Crippen LogP contribution in [0.1, 0.15) is 20.3 Å². The lowest BCUT2D eigenvalue weighted by molar-refractivity contribution is -0.671. The fourth-order valence-corrected chi connectivity index (χ4v) is 0.969. The van der Waals surface area contributed by atoms with E-state index >= 15 is 0 Å². The van der Waals surface area contributed by atoms with Gasteiger partial charge in [0.2, 0.25) is 0 Å². The van der Waals surface area contributed by atoms with Crippen LogP contribution in [0, 0.1) is 0 Å². The third kappa shape index (κ3) is 10.6. The van der Waals surface area contributed by atoms with Gasteiger partial charge in [0.1, 0.15) is 14.1 Å². The lowest BCUT2D eigenvalue weighted by Crippen LogP contribution is -2.25. The second-order valence-electron chi connectivity index (χ2n) is 3.79. The number of hydrogen-bond acceptors (Lipinski definition) is 0. The zero-order chi connectivity index (χ0) is 12.9. The molecule has 0 fully saturated rings. The van der Waals surface area contributed by atoms with Crippen LogP contribution in [0.2, 0.25) is 0 Å². The van der Waals surface area contributed by atoms with E-state index in [4.69, 9.17) is 0 Å². The van der Waals surface area contributed by atoms with E-state index in [0.717, 1.165) is 0 Å². The summed E-state index contributed by atoms with van der Waals surface area (Å²) in [6.07, 6.45) is 9.25. The van der Waals surface area contributed by atoms with Gasteiger partial charge in [-0.15, -0.1) is 0 Å². The third-order valence-electron chi connectivity index (χ3n) is 1.73. The molecule has 0 aliphatic rings. The van der Waals surface area contributed by atoms with Gasteiger partial charge in [-0.3, -0.25) is 0 Å². The van der Waals surface area contributed by atoms with E-state index in [1.807, 2.05) is 84.4 Å². The molecule has 2 nitrogen and oxygen atoms in total. The van der Waals surface area contributed by atoms with Crippen molar-refractivity contribution in [3.05, 3.63) is 61.2 Å². The standard InChI is InChI=1S/2C6H8N.C3H8/c2*1-7-5-3-2-4-6-7;1-3-2/h2*2-6H,1H3;3H2,1-2H3/q2*+1;. The number of pyridine rings is 2. The minimum atomic E-state index is 1.25. The molecule has 0 spiro atoms. The summed E-state index contributed by atoms with van der Waals surface area (Å²) in [7, 11) is 4.00. The zero-order valence-corrected chi connectivity index (χ0v) is 11.4. The molecule has 92 valence electrons. The van der Waals surface area contributed by atoms with Crippen LogP contribution in [0.15, 0.2) is 61.2 Å². The van der Waals surface area contributed by atoms with Crippen molar-refractivity contribution in [1.29, 1.82) is 0 Å². The summed E-state index contributed by atoms with van der Waals surface area (Å²) in [5, 5.41) is 0. The molecule has 0 aliphatic carbocycles. The summed E-state index contributed by atoms with van der Waals surface area (Å²) in [5.41, 5.74) is 0. The van der Waals surface area contributed by atoms with Crippen molar-refractivity contribution in [2.24, 2.45) is 14.1 Å². The van der Waals surface area contributed by atoms with Crippen LogP contribution in [0.5, 0.6) is 0 Å². The molecule has 0 aliphatic heterocycles. The van der Waals surface area contributed by atoms with Gasteiger partial charge in [-0.05, 0) is 0 Å². The summed E-state index contributed by atoms with van der Waals surface area (Å²) in [6.45, 7) is 4.25. The molecule has 0 unspecified atom stereocenters. The first kappa shape index (κ1) is 15.3. The van der Waals surface area contributed by atoms with Crippen molar-refractivity contribution in [3.63, 3.8) is 0 Å². The van der Waals surface area contributed by atoms with Crippen LogP contribution in [-0.4, -0.2) is 0 Å². The Hall–Kier alpha value is -1.70. The molecule has 0 saturated carbocycles. The normalized spacial score (nSPS) is 8.24. The van der Waals surface area contributed by atoms with Gasteiger partial charge in [0, 0.05) is 24.3 Å². The summed E-state index contributed by atoms with van der Waals surface area (Å²) < 4.78 is 4.00. The van der Waals surface area contributed by atoms with E-state index in [-0.39, 0.29) is 0 Å². The smallest absolute Gasteiger partial charge is 0.168 e. The highest BCUT2D eigenvalue weighted by Gasteiger charge is 1.79. The lowest BCUT2D eigenvalue weighted by atomic mass is 10.5. The van der Waals surface area contributed by atoms with Gasteiger partial charge in [-0.25, -0.2) is 9.13 Å². The van der Waals surface area contributed by atoms with Gasteiger partial charge in [-0.2, -0.15) is 0 Å². The van der Waals surface area contributed by atoms with Crippen molar-refractivity contribution in [3.8, 4) is 0 Å².